The van der Waals surface area contributed by atoms with Crippen molar-refractivity contribution in [3.8, 4) is 5.75 Å². The first-order valence-electron chi connectivity index (χ1n) is 10.0. The summed E-state index contributed by atoms with van der Waals surface area (Å²) in [5.74, 6) is 0.562. The summed E-state index contributed by atoms with van der Waals surface area (Å²) < 4.78 is 5.41. The first-order valence-corrected chi connectivity index (χ1v) is 10.8. The van der Waals surface area contributed by atoms with Gasteiger partial charge >= 0.3 is 0 Å². The maximum absolute atomic E-state index is 12.0. The second-order valence-corrected chi connectivity index (χ2v) is 8.98. The van der Waals surface area contributed by atoms with Gasteiger partial charge in [0.15, 0.2) is 6.61 Å². The van der Waals surface area contributed by atoms with Crippen molar-refractivity contribution < 1.29 is 9.53 Å². The number of hydrazone groups is 1. The average molecular weight is 448 g/mol. The van der Waals surface area contributed by atoms with E-state index in [1.807, 2.05) is 6.07 Å². The summed E-state index contributed by atoms with van der Waals surface area (Å²) in [5, 5.41) is 5.20. The third-order valence-electron chi connectivity index (χ3n) is 5.38. The second kappa shape index (κ2) is 9.27. The lowest BCUT2D eigenvalue weighted by Gasteiger charge is -2.47. The monoisotopic (exact) mass is 447 g/mol. The molecule has 5 nitrogen and oxygen atoms in total. The number of ether oxygens (including phenoxy) is 1. The van der Waals surface area contributed by atoms with Crippen molar-refractivity contribution in [2.24, 2.45) is 5.10 Å². The molecule has 0 bridgehead atoms. The summed E-state index contributed by atoms with van der Waals surface area (Å²) >= 11 is 12.4. The quantitative estimate of drug-likeness (QED) is 0.460. The largest absolute Gasteiger partial charge is 0.484 e. The minimum Gasteiger partial charge on any atom is -0.484 e. The number of fused-ring (bicyclic) bond motifs is 1. The maximum atomic E-state index is 12.0. The number of nitrogens with one attached hydrogen (secondary N) is 1. The summed E-state index contributed by atoms with van der Waals surface area (Å²) in [5.41, 5.74) is 5.74. The number of carbonyl (C=O) groups excluding carboxylic acids is 1. The summed E-state index contributed by atoms with van der Waals surface area (Å²) in [6.07, 6.45) is 2.63. The van der Waals surface area contributed by atoms with Crippen molar-refractivity contribution in [1.82, 2.24) is 5.43 Å². The molecule has 1 aliphatic heterocycles. The average Bonchev–Trinajstić information content (AvgIpc) is 2.67. The minimum absolute atomic E-state index is 0.0804. The van der Waals surface area contributed by atoms with Crippen molar-refractivity contribution >= 4 is 41.0 Å². The van der Waals surface area contributed by atoms with Crippen molar-refractivity contribution in [3.05, 3.63) is 57.6 Å². The van der Waals surface area contributed by atoms with Crippen molar-refractivity contribution in [1.29, 1.82) is 0 Å². The molecule has 0 saturated heterocycles. The number of halogens is 2. The number of hydrogen-bond acceptors (Lipinski definition) is 4. The fourth-order valence-electron chi connectivity index (χ4n) is 4.13. The summed E-state index contributed by atoms with van der Waals surface area (Å²) in [7, 11) is 0. The number of nitrogens with zero attached hydrogens (tertiary/aromatic N) is 2. The lowest BCUT2D eigenvalue weighted by Crippen LogP contribution is -2.48. The Bertz CT molecular complexity index is 959. The van der Waals surface area contributed by atoms with E-state index in [1.165, 1.54) is 11.3 Å². The molecule has 1 atom stereocenters. The summed E-state index contributed by atoms with van der Waals surface area (Å²) in [6.45, 7) is 9.68. The van der Waals surface area contributed by atoms with E-state index in [1.54, 1.807) is 30.5 Å². The highest BCUT2D eigenvalue weighted by atomic mass is 35.5. The Morgan fingerprint density at radius 2 is 2.10 bits per heavy atom. The van der Waals surface area contributed by atoms with Gasteiger partial charge in [-0.2, -0.15) is 5.10 Å². The van der Waals surface area contributed by atoms with Crippen LogP contribution in [0.15, 0.2) is 41.5 Å². The van der Waals surface area contributed by atoms with E-state index in [0.717, 1.165) is 18.5 Å². The van der Waals surface area contributed by atoms with Crippen molar-refractivity contribution in [2.45, 2.75) is 45.6 Å². The van der Waals surface area contributed by atoms with E-state index in [9.17, 15) is 4.79 Å². The van der Waals surface area contributed by atoms with Gasteiger partial charge in [0.25, 0.3) is 5.91 Å². The van der Waals surface area contributed by atoms with Crippen LogP contribution >= 0.6 is 23.2 Å². The Morgan fingerprint density at radius 1 is 1.33 bits per heavy atom. The third kappa shape index (κ3) is 5.08. The molecule has 1 heterocycles. The van der Waals surface area contributed by atoms with E-state index in [2.05, 4.69) is 49.2 Å². The van der Waals surface area contributed by atoms with Crippen LogP contribution in [0.5, 0.6) is 5.75 Å². The molecule has 1 unspecified atom stereocenters. The smallest absolute Gasteiger partial charge is 0.277 e. The molecule has 0 radical (unpaired) electrons. The topological polar surface area (TPSA) is 53.9 Å². The molecule has 2 aromatic carbocycles. The zero-order chi connectivity index (χ0) is 21.9. The Morgan fingerprint density at radius 3 is 2.80 bits per heavy atom. The fourth-order valence-corrected chi connectivity index (χ4v) is 4.52. The van der Waals surface area contributed by atoms with E-state index in [0.29, 0.717) is 21.7 Å². The Balaban J connectivity index is 1.67. The standard InChI is InChI=1S/C23H27Cl2N3O2/c1-5-28-21-11-20(25)16(9-19(21)15(2)12-23(28,3)4)13-26-27-22(29)14-30-18-8-6-7-17(24)10-18/h6-11,13,15H,5,12,14H2,1-4H3,(H,27,29)/b26-13+. The highest BCUT2D eigenvalue weighted by Gasteiger charge is 2.35. The van der Waals surface area contributed by atoms with E-state index in [4.69, 9.17) is 27.9 Å². The van der Waals surface area contributed by atoms with Gasteiger partial charge in [-0.05, 0) is 69.0 Å². The molecular formula is C23H27Cl2N3O2. The van der Waals surface area contributed by atoms with Gasteiger partial charge in [-0.25, -0.2) is 5.43 Å². The third-order valence-corrected chi connectivity index (χ3v) is 5.94. The maximum Gasteiger partial charge on any atom is 0.277 e. The van der Waals surface area contributed by atoms with Crippen LogP contribution in [0.1, 0.15) is 51.2 Å². The van der Waals surface area contributed by atoms with Crippen LogP contribution in [0.2, 0.25) is 10.0 Å². The van der Waals surface area contributed by atoms with E-state index >= 15 is 0 Å². The zero-order valence-electron chi connectivity index (χ0n) is 17.7. The van der Waals surface area contributed by atoms with Crippen LogP contribution in [0.4, 0.5) is 5.69 Å². The lowest BCUT2D eigenvalue weighted by atomic mass is 9.79. The van der Waals surface area contributed by atoms with Gasteiger partial charge in [-0.1, -0.05) is 36.2 Å². The fraction of sp³-hybridized carbons (Fsp3) is 0.391. The van der Waals surface area contributed by atoms with Gasteiger partial charge in [0.1, 0.15) is 5.75 Å². The Kier molecular flexibility index (Phi) is 6.94. The first-order chi connectivity index (χ1) is 14.2. The highest BCUT2D eigenvalue weighted by Crippen LogP contribution is 2.44. The highest BCUT2D eigenvalue weighted by molar-refractivity contribution is 6.33. The SMILES string of the molecule is CCN1c2cc(Cl)c(/C=N/NC(=O)COc3cccc(Cl)c3)cc2C(C)CC1(C)C. The lowest BCUT2D eigenvalue weighted by molar-refractivity contribution is -0.123. The molecular weight excluding hydrogens is 421 g/mol. The Labute approximate surface area is 188 Å². The first kappa shape index (κ1) is 22.4. The van der Waals surface area contributed by atoms with Crippen LogP contribution in [0, 0.1) is 0 Å². The number of rotatable bonds is 6. The van der Waals surface area contributed by atoms with Gasteiger partial charge in [-0.15, -0.1) is 0 Å². The molecule has 0 aliphatic carbocycles. The number of anilines is 1. The van der Waals surface area contributed by atoms with Gasteiger partial charge in [0.05, 0.1) is 11.2 Å². The van der Waals surface area contributed by atoms with E-state index < -0.39 is 0 Å². The van der Waals surface area contributed by atoms with Crippen LogP contribution in [-0.4, -0.2) is 30.8 Å². The molecule has 160 valence electrons. The van der Waals surface area contributed by atoms with Crippen LogP contribution in [-0.2, 0) is 4.79 Å². The molecule has 1 amide bonds. The van der Waals surface area contributed by atoms with Gasteiger partial charge in [0, 0.05) is 28.4 Å². The van der Waals surface area contributed by atoms with Crippen molar-refractivity contribution in [2.75, 3.05) is 18.1 Å². The van der Waals surface area contributed by atoms with Gasteiger partial charge < -0.3 is 9.64 Å². The second-order valence-electron chi connectivity index (χ2n) is 8.13. The summed E-state index contributed by atoms with van der Waals surface area (Å²) in [6, 6.07) is 10.9. The summed E-state index contributed by atoms with van der Waals surface area (Å²) in [4.78, 5) is 14.4. The number of carbonyl (C=O) groups is 1. The molecule has 0 saturated carbocycles. The van der Waals surface area contributed by atoms with Crippen molar-refractivity contribution in [3.63, 3.8) is 0 Å². The predicted molar refractivity (Wildman–Crippen MR) is 124 cm³/mol. The number of hydrogen-bond donors (Lipinski definition) is 1. The number of benzene rings is 2. The van der Waals surface area contributed by atoms with Crippen LogP contribution < -0.4 is 15.1 Å². The normalized spacial score (nSPS) is 17.7. The molecule has 0 aromatic heterocycles. The molecule has 1 aliphatic rings. The molecule has 1 N–H and O–H groups in total. The molecule has 0 spiro atoms. The Hall–Kier alpha value is -2.24. The molecule has 2 aromatic rings. The molecule has 0 fully saturated rings. The van der Waals surface area contributed by atoms with Gasteiger partial charge in [-0.3, -0.25) is 4.79 Å². The number of amides is 1. The predicted octanol–water partition coefficient (Wildman–Crippen LogP) is 5.63. The molecule has 3 rings (SSSR count). The van der Waals surface area contributed by atoms with Crippen LogP contribution in [0.25, 0.3) is 0 Å². The molecule has 7 heteroatoms. The zero-order valence-corrected chi connectivity index (χ0v) is 19.2. The van der Waals surface area contributed by atoms with E-state index in [-0.39, 0.29) is 18.1 Å². The molecule has 30 heavy (non-hydrogen) atoms. The van der Waals surface area contributed by atoms with Gasteiger partial charge in [0.2, 0.25) is 0 Å². The minimum atomic E-state index is -0.368. The van der Waals surface area contributed by atoms with Crippen LogP contribution in [0.3, 0.4) is 0 Å².